The van der Waals surface area contributed by atoms with Crippen LogP contribution in [-0.2, 0) is 9.53 Å². The van der Waals surface area contributed by atoms with Gasteiger partial charge in [0.1, 0.15) is 11.6 Å². The Kier molecular flexibility index (Phi) is 4.80. The number of carbonyl (C=O) groups is 2. The number of nitrogens with zero attached hydrogens (tertiary/aromatic N) is 1. The van der Waals surface area contributed by atoms with Gasteiger partial charge in [-0.3, -0.25) is 4.79 Å². The lowest BCUT2D eigenvalue weighted by molar-refractivity contribution is -0.143. The van der Waals surface area contributed by atoms with E-state index in [9.17, 15) is 9.59 Å². The smallest absolute Gasteiger partial charge is 0.328 e. The summed E-state index contributed by atoms with van der Waals surface area (Å²) in [4.78, 5) is 28.3. The van der Waals surface area contributed by atoms with Gasteiger partial charge in [0.15, 0.2) is 11.3 Å². The molecular weight excluding hydrogens is 284 g/mol. The minimum absolute atomic E-state index is 0.130. The molecule has 0 aliphatic carbocycles. The number of pyridine rings is 1. The van der Waals surface area contributed by atoms with Crippen LogP contribution < -0.4 is 5.32 Å². The van der Waals surface area contributed by atoms with Crippen LogP contribution >= 0.6 is 0 Å². The standard InChI is InChI=1S/C16H20N2O4/c1-9(2)7-12(16(20)21-4)18-15(19)14-8-11-13(22-14)6-5-10(3)17-11/h5-6,8-9,12H,7H2,1-4H3,(H,18,19). The lowest BCUT2D eigenvalue weighted by atomic mass is 10.0. The van der Waals surface area contributed by atoms with Gasteiger partial charge in [-0.25, -0.2) is 9.78 Å². The van der Waals surface area contributed by atoms with Crippen LogP contribution in [-0.4, -0.2) is 30.0 Å². The predicted molar refractivity (Wildman–Crippen MR) is 81.5 cm³/mol. The highest BCUT2D eigenvalue weighted by Gasteiger charge is 2.24. The molecule has 2 rings (SSSR count). The maximum Gasteiger partial charge on any atom is 0.328 e. The molecule has 0 spiro atoms. The first kappa shape index (κ1) is 16.0. The Balaban J connectivity index is 2.19. The Bertz CT molecular complexity index is 691. The number of aryl methyl sites for hydroxylation is 1. The third-order valence-electron chi connectivity index (χ3n) is 3.23. The second-order valence-electron chi connectivity index (χ2n) is 5.63. The summed E-state index contributed by atoms with van der Waals surface area (Å²) in [7, 11) is 1.30. The van der Waals surface area contributed by atoms with Crippen molar-refractivity contribution in [1.29, 1.82) is 0 Å². The average molecular weight is 304 g/mol. The van der Waals surface area contributed by atoms with Crippen LogP contribution in [0.2, 0.25) is 0 Å². The van der Waals surface area contributed by atoms with Gasteiger partial charge in [0.05, 0.1) is 7.11 Å². The number of esters is 1. The van der Waals surface area contributed by atoms with Gasteiger partial charge < -0.3 is 14.5 Å². The number of rotatable bonds is 5. The number of amides is 1. The number of hydrogen-bond donors (Lipinski definition) is 1. The number of methoxy groups -OCH3 is 1. The molecule has 0 fully saturated rings. The number of hydrogen-bond acceptors (Lipinski definition) is 5. The first-order chi connectivity index (χ1) is 10.4. The molecule has 0 aromatic carbocycles. The number of ether oxygens (including phenoxy) is 1. The molecule has 2 aromatic heterocycles. The van der Waals surface area contributed by atoms with Gasteiger partial charge in [-0.2, -0.15) is 0 Å². The van der Waals surface area contributed by atoms with Crippen molar-refractivity contribution in [3.05, 3.63) is 29.7 Å². The minimum atomic E-state index is -0.694. The topological polar surface area (TPSA) is 81.4 Å². The molecular formula is C16H20N2O4. The van der Waals surface area contributed by atoms with E-state index in [2.05, 4.69) is 10.3 Å². The summed E-state index contributed by atoms with van der Waals surface area (Å²) in [6.07, 6.45) is 0.496. The van der Waals surface area contributed by atoms with Crippen LogP contribution in [0.4, 0.5) is 0 Å². The highest BCUT2D eigenvalue weighted by molar-refractivity contribution is 5.97. The molecule has 0 bridgehead atoms. The minimum Gasteiger partial charge on any atom is -0.467 e. The zero-order valence-electron chi connectivity index (χ0n) is 13.2. The number of furan rings is 1. The third-order valence-corrected chi connectivity index (χ3v) is 3.23. The molecule has 22 heavy (non-hydrogen) atoms. The Labute approximate surface area is 128 Å². The molecule has 0 radical (unpaired) electrons. The second-order valence-corrected chi connectivity index (χ2v) is 5.63. The van der Waals surface area contributed by atoms with E-state index in [-0.39, 0.29) is 11.7 Å². The highest BCUT2D eigenvalue weighted by Crippen LogP contribution is 2.18. The van der Waals surface area contributed by atoms with Crippen molar-refractivity contribution in [3.8, 4) is 0 Å². The Hall–Kier alpha value is -2.37. The molecule has 6 nitrogen and oxygen atoms in total. The quantitative estimate of drug-likeness (QED) is 0.858. The lowest BCUT2D eigenvalue weighted by Crippen LogP contribution is -2.42. The number of aromatic nitrogens is 1. The summed E-state index contributed by atoms with van der Waals surface area (Å²) in [5.41, 5.74) is 1.99. The Morgan fingerprint density at radius 1 is 1.36 bits per heavy atom. The van der Waals surface area contributed by atoms with E-state index in [1.165, 1.54) is 7.11 Å². The summed E-state index contributed by atoms with van der Waals surface area (Å²) >= 11 is 0. The van der Waals surface area contributed by atoms with Crippen LogP contribution in [0.25, 0.3) is 11.1 Å². The number of fused-ring (bicyclic) bond motifs is 1. The third kappa shape index (κ3) is 3.63. The molecule has 0 saturated carbocycles. The zero-order chi connectivity index (χ0) is 16.3. The zero-order valence-corrected chi connectivity index (χ0v) is 13.2. The van der Waals surface area contributed by atoms with Crippen molar-refractivity contribution in [2.75, 3.05) is 7.11 Å². The van der Waals surface area contributed by atoms with Crippen LogP contribution in [0, 0.1) is 12.8 Å². The fourth-order valence-corrected chi connectivity index (χ4v) is 2.19. The largest absolute Gasteiger partial charge is 0.467 e. The molecule has 1 amide bonds. The molecule has 6 heteroatoms. The Morgan fingerprint density at radius 3 is 2.73 bits per heavy atom. The van der Waals surface area contributed by atoms with Gasteiger partial charge in [0, 0.05) is 11.8 Å². The maximum absolute atomic E-state index is 12.3. The fraction of sp³-hybridized carbons (Fsp3) is 0.438. The molecule has 0 aliphatic heterocycles. The van der Waals surface area contributed by atoms with E-state index in [1.807, 2.05) is 26.8 Å². The van der Waals surface area contributed by atoms with Gasteiger partial charge in [-0.05, 0) is 31.4 Å². The summed E-state index contributed by atoms with van der Waals surface area (Å²) in [5, 5.41) is 2.66. The average Bonchev–Trinajstić information content (AvgIpc) is 2.88. The van der Waals surface area contributed by atoms with Crippen LogP contribution in [0.1, 0.15) is 36.5 Å². The number of carbonyl (C=O) groups excluding carboxylic acids is 2. The van der Waals surface area contributed by atoms with Crippen molar-refractivity contribution in [3.63, 3.8) is 0 Å². The van der Waals surface area contributed by atoms with Gasteiger partial charge in [0.2, 0.25) is 0 Å². The molecule has 1 N–H and O–H groups in total. The van der Waals surface area contributed by atoms with Crippen molar-refractivity contribution in [2.45, 2.75) is 33.2 Å². The molecule has 0 saturated heterocycles. The van der Waals surface area contributed by atoms with Crippen LogP contribution in [0.3, 0.4) is 0 Å². The van der Waals surface area contributed by atoms with E-state index in [0.29, 0.717) is 17.5 Å². The molecule has 2 heterocycles. The van der Waals surface area contributed by atoms with E-state index in [1.54, 1.807) is 12.1 Å². The van der Waals surface area contributed by atoms with Crippen molar-refractivity contribution in [2.24, 2.45) is 5.92 Å². The maximum atomic E-state index is 12.3. The summed E-state index contributed by atoms with van der Waals surface area (Å²) in [6.45, 7) is 5.80. The van der Waals surface area contributed by atoms with E-state index in [0.717, 1.165) is 5.69 Å². The SMILES string of the molecule is COC(=O)C(CC(C)C)NC(=O)c1cc2nc(C)ccc2o1. The highest BCUT2D eigenvalue weighted by atomic mass is 16.5. The normalized spacial score (nSPS) is 12.4. The van der Waals surface area contributed by atoms with E-state index >= 15 is 0 Å². The predicted octanol–water partition coefficient (Wildman–Crippen LogP) is 2.45. The number of nitrogens with one attached hydrogen (secondary N) is 1. The molecule has 2 aromatic rings. The van der Waals surface area contributed by atoms with Crippen LogP contribution in [0.15, 0.2) is 22.6 Å². The first-order valence-corrected chi connectivity index (χ1v) is 7.16. The van der Waals surface area contributed by atoms with Crippen molar-refractivity contribution >= 4 is 23.0 Å². The first-order valence-electron chi connectivity index (χ1n) is 7.16. The molecule has 118 valence electrons. The summed E-state index contributed by atoms with van der Waals surface area (Å²) < 4.78 is 10.2. The fourth-order valence-electron chi connectivity index (χ4n) is 2.19. The van der Waals surface area contributed by atoms with Gasteiger partial charge in [0.25, 0.3) is 5.91 Å². The lowest BCUT2D eigenvalue weighted by Gasteiger charge is -2.17. The van der Waals surface area contributed by atoms with Gasteiger partial charge in [-0.1, -0.05) is 13.8 Å². The Morgan fingerprint density at radius 2 is 2.09 bits per heavy atom. The van der Waals surface area contributed by atoms with E-state index in [4.69, 9.17) is 9.15 Å². The van der Waals surface area contributed by atoms with Crippen LogP contribution in [0.5, 0.6) is 0 Å². The molecule has 1 atom stereocenters. The summed E-state index contributed by atoms with van der Waals surface area (Å²) in [6, 6.07) is 4.45. The monoisotopic (exact) mass is 304 g/mol. The molecule has 1 unspecified atom stereocenters. The molecule has 0 aliphatic rings. The second kappa shape index (κ2) is 6.60. The summed E-state index contributed by atoms with van der Waals surface area (Å²) in [5.74, 6) is -0.547. The van der Waals surface area contributed by atoms with Gasteiger partial charge in [-0.15, -0.1) is 0 Å². The van der Waals surface area contributed by atoms with Crippen molar-refractivity contribution < 1.29 is 18.7 Å². The van der Waals surface area contributed by atoms with Crippen molar-refractivity contribution in [1.82, 2.24) is 10.3 Å². The van der Waals surface area contributed by atoms with E-state index < -0.39 is 17.9 Å². The van der Waals surface area contributed by atoms with Gasteiger partial charge >= 0.3 is 5.97 Å².